The number of nitrogens with two attached hydrogens (primary N) is 1. The highest BCUT2D eigenvalue weighted by molar-refractivity contribution is 7.89. The first-order valence-corrected chi connectivity index (χ1v) is 9.58. The van der Waals surface area contributed by atoms with Gasteiger partial charge in [0.25, 0.3) is 0 Å². The molecule has 0 aliphatic carbocycles. The molecule has 10 heteroatoms. The van der Waals surface area contributed by atoms with E-state index in [1.165, 1.54) is 0 Å². The molecule has 1 aliphatic rings. The summed E-state index contributed by atoms with van der Waals surface area (Å²) in [5, 5.41) is -0.253. The van der Waals surface area contributed by atoms with Gasteiger partial charge in [0.05, 0.1) is 10.5 Å². The van der Waals surface area contributed by atoms with E-state index in [1.807, 2.05) is 0 Å². The van der Waals surface area contributed by atoms with Gasteiger partial charge in [-0.15, -0.1) is 0 Å². The average molecular weight is 419 g/mol. The lowest BCUT2D eigenvalue weighted by Crippen LogP contribution is -2.51. The van der Waals surface area contributed by atoms with E-state index in [0.717, 1.165) is 22.0 Å². The van der Waals surface area contributed by atoms with Gasteiger partial charge in [-0.2, -0.15) is 17.5 Å². The van der Waals surface area contributed by atoms with E-state index in [4.69, 9.17) is 17.3 Å². The number of sulfonamides is 1. The van der Waals surface area contributed by atoms with Crippen LogP contribution in [0, 0.1) is 0 Å². The summed E-state index contributed by atoms with van der Waals surface area (Å²) in [6, 6.07) is 7.88. The van der Waals surface area contributed by atoms with Crippen LogP contribution in [-0.2, 0) is 34.0 Å². The van der Waals surface area contributed by atoms with Crippen LogP contribution in [0.3, 0.4) is 0 Å². The molecule has 1 aliphatic heterocycles. The first-order valence-electron chi connectivity index (χ1n) is 7.76. The molecule has 144 valence electrons. The Morgan fingerprint density at radius 3 is 2.37 bits per heavy atom. The van der Waals surface area contributed by atoms with E-state index in [-0.39, 0.29) is 18.0 Å². The number of halogens is 4. The summed E-state index contributed by atoms with van der Waals surface area (Å²) in [6.07, 6.45) is -4.96. The van der Waals surface area contributed by atoms with Gasteiger partial charge in [0.1, 0.15) is 6.04 Å². The Kier molecular flexibility index (Phi) is 4.96. The van der Waals surface area contributed by atoms with Crippen LogP contribution < -0.4 is 5.73 Å². The smallest absolute Gasteiger partial charge is 0.368 e. The molecule has 1 amide bonds. The Labute approximate surface area is 158 Å². The molecular formula is C17H14ClF3N2O3S. The summed E-state index contributed by atoms with van der Waals surface area (Å²) in [5.41, 5.74) is 5.28. The highest BCUT2D eigenvalue weighted by Gasteiger charge is 2.43. The zero-order valence-electron chi connectivity index (χ0n) is 13.7. The van der Waals surface area contributed by atoms with Gasteiger partial charge in [0.2, 0.25) is 15.9 Å². The van der Waals surface area contributed by atoms with Crippen LogP contribution >= 0.6 is 11.6 Å². The largest absolute Gasteiger partial charge is 0.417 e. The van der Waals surface area contributed by atoms with E-state index in [9.17, 15) is 26.4 Å². The molecule has 0 unspecified atom stereocenters. The number of amides is 1. The fraction of sp³-hybridized carbons (Fsp3) is 0.235. The fourth-order valence-corrected chi connectivity index (χ4v) is 5.01. The Balaban J connectivity index is 2.16. The highest BCUT2D eigenvalue weighted by atomic mass is 35.5. The van der Waals surface area contributed by atoms with Gasteiger partial charge in [-0.1, -0.05) is 35.9 Å². The normalized spacial score (nSPS) is 18.1. The van der Waals surface area contributed by atoms with Crippen molar-refractivity contribution in [3.05, 3.63) is 64.2 Å². The summed E-state index contributed by atoms with van der Waals surface area (Å²) in [5.74, 6) is -0.935. The Bertz CT molecular complexity index is 1010. The van der Waals surface area contributed by atoms with Gasteiger partial charge in [0.15, 0.2) is 0 Å². The lowest BCUT2D eigenvalue weighted by Gasteiger charge is -2.34. The van der Waals surface area contributed by atoms with E-state index in [2.05, 4.69) is 0 Å². The van der Waals surface area contributed by atoms with Gasteiger partial charge in [-0.25, -0.2) is 8.42 Å². The molecule has 27 heavy (non-hydrogen) atoms. The van der Waals surface area contributed by atoms with Crippen LogP contribution in [0.1, 0.15) is 16.7 Å². The standard InChI is InChI=1S/C17H14ClF3N2O3S/c18-12-5-6-15(13(8-12)17(19,20)21)27(25,26)23-9-11-4-2-1-3-10(11)7-14(23)16(22)24/h1-6,8,14H,7,9H2,(H2,22,24)/t14-/m0/s1. The van der Waals surface area contributed by atoms with Gasteiger partial charge < -0.3 is 5.73 Å². The topological polar surface area (TPSA) is 80.5 Å². The number of nitrogens with zero attached hydrogens (tertiary/aromatic N) is 1. The van der Waals surface area contributed by atoms with Crippen LogP contribution in [0.25, 0.3) is 0 Å². The van der Waals surface area contributed by atoms with Crippen molar-refractivity contribution in [1.82, 2.24) is 4.31 Å². The summed E-state index contributed by atoms with van der Waals surface area (Å²) in [6.45, 7) is -0.258. The van der Waals surface area contributed by atoms with Gasteiger partial charge >= 0.3 is 6.18 Å². The van der Waals surface area contributed by atoms with Crippen molar-refractivity contribution in [2.45, 2.75) is 30.1 Å². The van der Waals surface area contributed by atoms with Gasteiger partial charge in [-0.3, -0.25) is 4.79 Å². The molecule has 5 nitrogen and oxygen atoms in total. The molecule has 0 saturated carbocycles. The van der Waals surface area contributed by atoms with Gasteiger partial charge in [-0.05, 0) is 35.7 Å². The molecule has 2 aromatic rings. The molecule has 0 fully saturated rings. The number of rotatable bonds is 3. The predicted molar refractivity (Wildman–Crippen MR) is 92.3 cm³/mol. The fourth-order valence-electron chi connectivity index (χ4n) is 3.07. The number of fused-ring (bicyclic) bond motifs is 1. The predicted octanol–water partition coefficient (Wildman–Crippen LogP) is 2.96. The Hall–Kier alpha value is -2.10. The van der Waals surface area contributed by atoms with Crippen molar-refractivity contribution in [2.75, 3.05) is 0 Å². The zero-order chi connectivity index (χ0) is 20.0. The van der Waals surface area contributed by atoms with Gasteiger partial charge in [0, 0.05) is 11.6 Å². The summed E-state index contributed by atoms with van der Waals surface area (Å²) in [4.78, 5) is 10.9. The van der Waals surface area contributed by atoms with Crippen LogP contribution in [0.4, 0.5) is 13.2 Å². The molecule has 1 atom stereocenters. The number of hydrogen-bond donors (Lipinski definition) is 1. The second-order valence-electron chi connectivity index (χ2n) is 6.08. The maximum atomic E-state index is 13.4. The molecule has 1 heterocycles. The second kappa shape index (κ2) is 6.81. The Morgan fingerprint density at radius 1 is 1.15 bits per heavy atom. The molecule has 0 radical (unpaired) electrons. The van der Waals surface area contributed by atoms with Crippen LogP contribution in [-0.4, -0.2) is 24.7 Å². The van der Waals surface area contributed by atoms with Crippen molar-refractivity contribution < 1.29 is 26.4 Å². The van der Waals surface area contributed by atoms with Crippen molar-refractivity contribution in [1.29, 1.82) is 0 Å². The van der Waals surface area contributed by atoms with E-state index < -0.39 is 38.6 Å². The minimum absolute atomic E-state index is 0.0142. The zero-order valence-corrected chi connectivity index (χ0v) is 15.3. The molecule has 3 rings (SSSR count). The Morgan fingerprint density at radius 2 is 1.78 bits per heavy atom. The third kappa shape index (κ3) is 3.67. The lowest BCUT2D eigenvalue weighted by molar-refractivity contribution is -0.139. The average Bonchev–Trinajstić information content (AvgIpc) is 2.59. The molecule has 0 bridgehead atoms. The molecule has 2 N–H and O–H groups in total. The first-order chi connectivity index (χ1) is 12.5. The SMILES string of the molecule is NC(=O)[C@@H]1Cc2ccccc2CN1S(=O)(=O)c1ccc(Cl)cc1C(F)(F)F. The number of alkyl halides is 3. The number of hydrogen-bond acceptors (Lipinski definition) is 3. The molecule has 0 spiro atoms. The van der Waals surface area contributed by atoms with Crippen molar-refractivity contribution in [2.24, 2.45) is 5.73 Å². The van der Waals surface area contributed by atoms with E-state index >= 15 is 0 Å². The highest BCUT2D eigenvalue weighted by Crippen LogP contribution is 2.38. The minimum Gasteiger partial charge on any atom is -0.368 e. The molecular weight excluding hydrogens is 405 g/mol. The maximum absolute atomic E-state index is 13.4. The third-order valence-electron chi connectivity index (χ3n) is 4.37. The van der Waals surface area contributed by atoms with Crippen LogP contribution in [0.5, 0.6) is 0 Å². The molecule has 0 aromatic heterocycles. The second-order valence-corrected chi connectivity index (χ2v) is 8.37. The maximum Gasteiger partial charge on any atom is 0.417 e. The minimum atomic E-state index is -4.94. The summed E-state index contributed by atoms with van der Waals surface area (Å²) >= 11 is 5.62. The number of carbonyl (C=O) groups is 1. The van der Waals surface area contributed by atoms with E-state index in [1.54, 1.807) is 24.3 Å². The summed E-state index contributed by atoms with van der Waals surface area (Å²) < 4.78 is 67.0. The van der Waals surface area contributed by atoms with Crippen molar-refractivity contribution >= 4 is 27.5 Å². The third-order valence-corrected chi connectivity index (χ3v) is 6.52. The first kappa shape index (κ1) is 19.7. The summed E-state index contributed by atoms with van der Waals surface area (Å²) in [7, 11) is -4.68. The van der Waals surface area contributed by atoms with E-state index in [0.29, 0.717) is 11.6 Å². The van der Waals surface area contributed by atoms with Crippen molar-refractivity contribution in [3.8, 4) is 0 Å². The molecule has 2 aromatic carbocycles. The number of benzene rings is 2. The van der Waals surface area contributed by atoms with Crippen LogP contribution in [0.2, 0.25) is 5.02 Å². The van der Waals surface area contributed by atoms with Crippen LogP contribution in [0.15, 0.2) is 47.4 Å². The van der Waals surface area contributed by atoms with Crippen molar-refractivity contribution in [3.63, 3.8) is 0 Å². The lowest BCUT2D eigenvalue weighted by atomic mass is 9.96. The number of primary amides is 1. The number of carbonyl (C=O) groups excluding carboxylic acids is 1. The monoisotopic (exact) mass is 418 g/mol. The molecule has 0 saturated heterocycles. The quantitative estimate of drug-likeness (QED) is 0.832.